The Balaban J connectivity index is 2.23. The van der Waals surface area contributed by atoms with E-state index in [2.05, 4.69) is 10.6 Å². The van der Waals surface area contributed by atoms with Crippen molar-refractivity contribution in [2.45, 2.75) is 6.54 Å². The van der Waals surface area contributed by atoms with Crippen LogP contribution >= 0.6 is 23.8 Å². The molecule has 0 amide bonds. The number of nitrogens with one attached hydrogen (secondary N) is 2. The average Bonchev–Trinajstić information content (AvgIpc) is 2.29. The summed E-state index contributed by atoms with van der Waals surface area (Å²) >= 11 is 10.9. The number of thiocarbonyl (C=S) groups is 1. The van der Waals surface area contributed by atoms with Gasteiger partial charge in [-0.2, -0.15) is 0 Å². The van der Waals surface area contributed by atoms with Crippen molar-refractivity contribution in [3.8, 4) is 0 Å². The summed E-state index contributed by atoms with van der Waals surface area (Å²) in [6, 6.07) is 7.65. The van der Waals surface area contributed by atoms with Crippen LogP contribution < -0.4 is 10.6 Å². The molecule has 0 radical (unpaired) electrons. The Labute approximate surface area is 106 Å². The molecule has 0 heterocycles. The zero-order valence-corrected chi connectivity index (χ0v) is 10.7. The summed E-state index contributed by atoms with van der Waals surface area (Å²) in [4.78, 5) is 0. The standard InChI is InChI=1S/C11H15ClN2OS/c1-15-7-6-13-11(16)14-8-9-2-4-10(12)5-3-9/h2-5H,6-8H2,1H3,(H2,13,14,16). The second kappa shape index (κ2) is 7.44. The molecule has 16 heavy (non-hydrogen) atoms. The Kier molecular flexibility index (Phi) is 6.15. The maximum atomic E-state index is 5.79. The molecule has 2 N–H and O–H groups in total. The number of ether oxygens (including phenoxy) is 1. The summed E-state index contributed by atoms with van der Waals surface area (Å²) in [5.41, 5.74) is 1.14. The van der Waals surface area contributed by atoms with Gasteiger partial charge in [-0.15, -0.1) is 0 Å². The third-order valence-corrected chi connectivity index (χ3v) is 2.50. The number of halogens is 1. The van der Waals surface area contributed by atoms with Crippen LogP contribution in [0.25, 0.3) is 0 Å². The molecule has 0 atom stereocenters. The van der Waals surface area contributed by atoms with Crippen molar-refractivity contribution in [2.24, 2.45) is 0 Å². The monoisotopic (exact) mass is 258 g/mol. The van der Waals surface area contributed by atoms with Crippen LogP contribution in [0.2, 0.25) is 5.02 Å². The lowest BCUT2D eigenvalue weighted by Crippen LogP contribution is -2.36. The third-order valence-electron chi connectivity index (χ3n) is 1.96. The zero-order chi connectivity index (χ0) is 11.8. The molecule has 0 saturated carbocycles. The SMILES string of the molecule is COCCNC(=S)NCc1ccc(Cl)cc1. The highest BCUT2D eigenvalue weighted by molar-refractivity contribution is 7.80. The number of benzene rings is 1. The van der Waals surface area contributed by atoms with Crippen LogP contribution in [0.3, 0.4) is 0 Å². The number of hydrogen-bond acceptors (Lipinski definition) is 2. The smallest absolute Gasteiger partial charge is 0.166 e. The summed E-state index contributed by atoms with van der Waals surface area (Å²) in [6.07, 6.45) is 0. The summed E-state index contributed by atoms with van der Waals surface area (Å²) in [7, 11) is 1.66. The van der Waals surface area contributed by atoms with E-state index in [0.29, 0.717) is 24.8 Å². The Bertz CT molecular complexity index is 329. The number of rotatable bonds is 5. The van der Waals surface area contributed by atoms with Gasteiger partial charge in [0.1, 0.15) is 0 Å². The Morgan fingerprint density at radius 3 is 2.62 bits per heavy atom. The summed E-state index contributed by atoms with van der Waals surface area (Å²) in [6.45, 7) is 2.04. The number of hydrogen-bond donors (Lipinski definition) is 2. The lowest BCUT2D eigenvalue weighted by atomic mass is 10.2. The molecule has 0 aliphatic carbocycles. The molecule has 0 aliphatic rings. The fraction of sp³-hybridized carbons (Fsp3) is 0.364. The van der Waals surface area contributed by atoms with Crippen LogP contribution in [0.1, 0.15) is 5.56 Å². The van der Waals surface area contributed by atoms with Gasteiger partial charge >= 0.3 is 0 Å². The predicted octanol–water partition coefficient (Wildman–Crippen LogP) is 1.95. The Morgan fingerprint density at radius 2 is 2.00 bits per heavy atom. The summed E-state index contributed by atoms with van der Waals surface area (Å²) < 4.78 is 4.90. The molecule has 0 spiro atoms. The molecule has 88 valence electrons. The quantitative estimate of drug-likeness (QED) is 0.625. The molecule has 3 nitrogen and oxygen atoms in total. The van der Waals surface area contributed by atoms with Crippen molar-refractivity contribution in [1.82, 2.24) is 10.6 Å². The van der Waals surface area contributed by atoms with Gasteiger partial charge in [-0.1, -0.05) is 23.7 Å². The zero-order valence-electron chi connectivity index (χ0n) is 9.13. The van der Waals surface area contributed by atoms with Gasteiger partial charge in [-0.25, -0.2) is 0 Å². The fourth-order valence-electron chi connectivity index (χ4n) is 1.11. The molecule has 1 aromatic rings. The van der Waals surface area contributed by atoms with Gasteiger partial charge in [-0.3, -0.25) is 0 Å². The van der Waals surface area contributed by atoms with Crippen LogP contribution in [-0.2, 0) is 11.3 Å². The normalized spacial score (nSPS) is 9.88. The highest BCUT2D eigenvalue weighted by Gasteiger charge is 1.96. The highest BCUT2D eigenvalue weighted by Crippen LogP contribution is 2.08. The second-order valence-electron chi connectivity index (χ2n) is 3.23. The minimum absolute atomic E-state index is 0.631. The molecule has 1 rings (SSSR count). The molecule has 0 aliphatic heterocycles. The predicted molar refractivity (Wildman–Crippen MR) is 70.8 cm³/mol. The molecule has 0 aromatic heterocycles. The van der Waals surface area contributed by atoms with Crippen LogP contribution in [0.4, 0.5) is 0 Å². The average molecular weight is 259 g/mol. The minimum Gasteiger partial charge on any atom is -0.383 e. The topological polar surface area (TPSA) is 33.3 Å². The minimum atomic E-state index is 0.631. The van der Waals surface area contributed by atoms with E-state index in [4.69, 9.17) is 28.6 Å². The van der Waals surface area contributed by atoms with E-state index in [9.17, 15) is 0 Å². The van der Waals surface area contributed by atoms with E-state index in [1.807, 2.05) is 24.3 Å². The van der Waals surface area contributed by atoms with E-state index in [1.165, 1.54) is 0 Å². The third kappa shape index (κ3) is 5.30. The largest absolute Gasteiger partial charge is 0.383 e. The number of methoxy groups -OCH3 is 1. The first-order chi connectivity index (χ1) is 7.72. The van der Waals surface area contributed by atoms with Gasteiger partial charge in [0.15, 0.2) is 5.11 Å². The van der Waals surface area contributed by atoms with Gasteiger partial charge in [0.25, 0.3) is 0 Å². The summed E-state index contributed by atoms with van der Waals surface area (Å²) in [5, 5.41) is 7.51. The molecule has 5 heteroatoms. The first kappa shape index (κ1) is 13.2. The van der Waals surface area contributed by atoms with Gasteiger partial charge in [0, 0.05) is 25.2 Å². The van der Waals surface area contributed by atoms with Crippen molar-refractivity contribution < 1.29 is 4.74 Å². The van der Waals surface area contributed by atoms with Crippen molar-refractivity contribution in [3.05, 3.63) is 34.9 Å². The van der Waals surface area contributed by atoms with Crippen molar-refractivity contribution in [2.75, 3.05) is 20.3 Å². The van der Waals surface area contributed by atoms with Gasteiger partial charge in [-0.05, 0) is 29.9 Å². The fourth-order valence-corrected chi connectivity index (χ4v) is 1.41. The first-order valence-corrected chi connectivity index (χ1v) is 5.76. The molecule has 0 saturated heterocycles. The maximum Gasteiger partial charge on any atom is 0.166 e. The second-order valence-corrected chi connectivity index (χ2v) is 4.07. The van der Waals surface area contributed by atoms with E-state index in [-0.39, 0.29) is 0 Å². The highest BCUT2D eigenvalue weighted by atomic mass is 35.5. The van der Waals surface area contributed by atoms with Crippen LogP contribution in [0, 0.1) is 0 Å². The summed E-state index contributed by atoms with van der Waals surface area (Å²) in [5.74, 6) is 0. The van der Waals surface area contributed by atoms with Gasteiger partial charge in [0.05, 0.1) is 6.61 Å². The molecular weight excluding hydrogens is 244 g/mol. The van der Waals surface area contributed by atoms with E-state index in [0.717, 1.165) is 10.6 Å². The van der Waals surface area contributed by atoms with Crippen molar-refractivity contribution in [3.63, 3.8) is 0 Å². The van der Waals surface area contributed by atoms with Crippen molar-refractivity contribution in [1.29, 1.82) is 0 Å². The van der Waals surface area contributed by atoms with Crippen LogP contribution in [0.15, 0.2) is 24.3 Å². The van der Waals surface area contributed by atoms with Gasteiger partial charge in [0.2, 0.25) is 0 Å². The molecule has 0 bridgehead atoms. The lowest BCUT2D eigenvalue weighted by Gasteiger charge is -2.09. The molecular formula is C11H15ClN2OS. The van der Waals surface area contributed by atoms with Crippen LogP contribution in [0.5, 0.6) is 0 Å². The maximum absolute atomic E-state index is 5.79. The van der Waals surface area contributed by atoms with E-state index in [1.54, 1.807) is 7.11 Å². The molecule has 0 unspecified atom stereocenters. The lowest BCUT2D eigenvalue weighted by molar-refractivity contribution is 0.204. The van der Waals surface area contributed by atoms with Crippen LogP contribution in [-0.4, -0.2) is 25.4 Å². The van der Waals surface area contributed by atoms with E-state index < -0.39 is 0 Å². The molecule has 1 aromatic carbocycles. The Hall–Kier alpha value is -0.840. The van der Waals surface area contributed by atoms with Crippen molar-refractivity contribution >= 4 is 28.9 Å². The molecule has 0 fully saturated rings. The first-order valence-electron chi connectivity index (χ1n) is 4.97. The van der Waals surface area contributed by atoms with E-state index >= 15 is 0 Å². The van der Waals surface area contributed by atoms with Gasteiger partial charge < -0.3 is 15.4 Å². The Morgan fingerprint density at radius 1 is 1.31 bits per heavy atom.